The highest BCUT2D eigenvalue weighted by Crippen LogP contribution is 2.28. The van der Waals surface area contributed by atoms with E-state index in [0.29, 0.717) is 11.3 Å². The largest absolute Gasteiger partial charge is 0.350 e. The van der Waals surface area contributed by atoms with Crippen LogP contribution in [0.4, 0.5) is 5.69 Å². The molecule has 0 saturated carbocycles. The van der Waals surface area contributed by atoms with Crippen molar-refractivity contribution in [2.45, 2.75) is 64.6 Å². The predicted octanol–water partition coefficient (Wildman–Crippen LogP) is 5.59. The second-order valence-corrected chi connectivity index (χ2v) is 13.5. The number of nitrogens with zero attached hydrogens (tertiary/aromatic N) is 2. The van der Waals surface area contributed by atoms with Gasteiger partial charge in [-0.1, -0.05) is 58.4 Å². The van der Waals surface area contributed by atoms with Gasteiger partial charge < -0.3 is 10.2 Å². The van der Waals surface area contributed by atoms with Crippen molar-refractivity contribution in [2.24, 2.45) is 0 Å². The van der Waals surface area contributed by atoms with Crippen LogP contribution in [0.2, 0.25) is 0 Å². The number of carbonyl (C=O) groups excluding carboxylic acids is 2. The van der Waals surface area contributed by atoms with Crippen molar-refractivity contribution in [3.05, 3.63) is 94.0 Å². The lowest BCUT2D eigenvalue weighted by atomic mass is 10.1. The van der Waals surface area contributed by atoms with Crippen LogP contribution in [-0.2, 0) is 26.2 Å². The third-order valence-electron chi connectivity index (χ3n) is 6.18. The fourth-order valence-corrected chi connectivity index (χ4v) is 5.82. The third kappa shape index (κ3) is 7.92. The standard InChI is InChI=1S/C30H36BrN3O4S/c1-21-12-13-22(2)27(18-21)34(39(37,38)26-10-8-7-9-11-26)20-28(35)33(19-24-14-16-25(31)17-15-24)23(3)29(36)32-30(4,5)6/h7-18,23H,19-20H2,1-6H3,(H,32,36)/t23-/m1/s1. The number of aryl methyl sites for hydroxylation is 2. The minimum atomic E-state index is -4.10. The van der Waals surface area contributed by atoms with Crippen molar-refractivity contribution in [3.63, 3.8) is 0 Å². The van der Waals surface area contributed by atoms with E-state index in [2.05, 4.69) is 21.2 Å². The molecule has 3 aromatic rings. The van der Waals surface area contributed by atoms with Gasteiger partial charge in [0, 0.05) is 16.6 Å². The molecule has 0 radical (unpaired) electrons. The van der Waals surface area contributed by atoms with Crippen LogP contribution in [0.3, 0.4) is 0 Å². The molecule has 0 bridgehead atoms. The molecule has 0 saturated heterocycles. The van der Waals surface area contributed by atoms with E-state index in [4.69, 9.17) is 0 Å². The van der Waals surface area contributed by atoms with E-state index in [1.807, 2.05) is 71.0 Å². The molecule has 0 unspecified atom stereocenters. The average molecular weight is 615 g/mol. The van der Waals surface area contributed by atoms with E-state index in [1.165, 1.54) is 17.0 Å². The van der Waals surface area contributed by atoms with E-state index in [1.54, 1.807) is 31.2 Å². The van der Waals surface area contributed by atoms with Crippen LogP contribution < -0.4 is 9.62 Å². The number of amides is 2. The minimum absolute atomic E-state index is 0.0803. The molecule has 0 heterocycles. The molecular formula is C30H36BrN3O4S. The van der Waals surface area contributed by atoms with Crippen molar-refractivity contribution < 1.29 is 18.0 Å². The summed E-state index contributed by atoms with van der Waals surface area (Å²) in [7, 11) is -4.10. The summed E-state index contributed by atoms with van der Waals surface area (Å²) < 4.78 is 29.9. The summed E-state index contributed by atoms with van der Waals surface area (Å²) in [5, 5.41) is 2.93. The SMILES string of the molecule is Cc1ccc(C)c(N(CC(=O)N(Cc2ccc(Br)cc2)[C@H](C)C(=O)NC(C)(C)C)S(=O)(=O)c2ccccc2)c1. The first-order valence-electron chi connectivity index (χ1n) is 12.7. The smallest absolute Gasteiger partial charge is 0.264 e. The van der Waals surface area contributed by atoms with Crippen molar-refractivity contribution in [1.82, 2.24) is 10.2 Å². The minimum Gasteiger partial charge on any atom is -0.350 e. The number of sulfonamides is 1. The van der Waals surface area contributed by atoms with Crippen LogP contribution >= 0.6 is 15.9 Å². The Hall–Kier alpha value is -3.17. The summed E-state index contributed by atoms with van der Waals surface area (Å²) in [6, 6.07) is 20.1. The van der Waals surface area contributed by atoms with Crippen LogP contribution in [0.25, 0.3) is 0 Å². The summed E-state index contributed by atoms with van der Waals surface area (Å²) in [6.45, 7) is 10.6. The summed E-state index contributed by atoms with van der Waals surface area (Å²) in [4.78, 5) is 28.7. The van der Waals surface area contributed by atoms with E-state index in [0.717, 1.165) is 19.9 Å². The zero-order valence-corrected chi connectivity index (χ0v) is 25.6. The maximum Gasteiger partial charge on any atom is 0.264 e. The van der Waals surface area contributed by atoms with Gasteiger partial charge in [0.2, 0.25) is 11.8 Å². The number of anilines is 1. The Bertz CT molecular complexity index is 1420. The van der Waals surface area contributed by atoms with Gasteiger partial charge in [-0.3, -0.25) is 13.9 Å². The molecule has 0 aliphatic carbocycles. The summed E-state index contributed by atoms with van der Waals surface area (Å²) in [5.74, 6) is -0.813. The zero-order chi connectivity index (χ0) is 29.0. The molecule has 0 aliphatic rings. The molecule has 0 aromatic heterocycles. The second kappa shape index (κ2) is 12.3. The number of hydrogen-bond donors (Lipinski definition) is 1. The van der Waals surface area contributed by atoms with Crippen molar-refractivity contribution in [2.75, 3.05) is 10.8 Å². The number of benzene rings is 3. The fourth-order valence-electron chi connectivity index (χ4n) is 4.06. The highest BCUT2D eigenvalue weighted by Gasteiger charge is 2.33. The summed E-state index contributed by atoms with van der Waals surface area (Å²) in [6.07, 6.45) is 0. The topological polar surface area (TPSA) is 86.8 Å². The Morgan fingerprint density at radius 1 is 0.949 bits per heavy atom. The van der Waals surface area contributed by atoms with Gasteiger partial charge in [0.1, 0.15) is 12.6 Å². The summed E-state index contributed by atoms with van der Waals surface area (Å²) >= 11 is 3.42. The molecule has 1 atom stereocenters. The van der Waals surface area contributed by atoms with Gasteiger partial charge in [-0.25, -0.2) is 8.42 Å². The Labute approximate surface area is 240 Å². The van der Waals surface area contributed by atoms with E-state index < -0.39 is 34.1 Å². The Balaban J connectivity index is 2.06. The molecule has 9 heteroatoms. The van der Waals surface area contributed by atoms with Crippen LogP contribution in [0.15, 0.2) is 82.2 Å². The fraction of sp³-hybridized carbons (Fsp3) is 0.333. The third-order valence-corrected chi connectivity index (χ3v) is 8.48. The first kappa shape index (κ1) is 30.4. The highest BCUT2D eigenvalue weighted by atomic mass is 79.9. The molecule has 2 amide bonds. The first-order chi connectivity index (χ1) is 18.2. The molecule has 39 heavy (non-hydrogen) atoms. The van der Waals surface area contributed by atoms with Crippen LogP contribution in [-0.4, -0.2) is 43.3 Å². The normalized spacial score (nSPS) is 12.5. The molecule has 0 aliphatic heterocycles. The monoisotopic (exact) mass is 613 g/mol. The number of rotatable bonds is 9. The molecular weight excluding hydrogens is 578 g/mol. The maximum atomic E-state index is 14.0. The van der Waals surface area contributed by atoms with Crippen molar-refractivity contribution in [1.29, 1.82) is 0 Å². The molecule has 7 nitrogen and oxygen atoms in total. The van der Waals surface area contributed by atoms with Gasteiger partial charge in [0.05, 0.1) is 10.6 Å². The first-order valence-corrected chi connectivity index (χ1v) is 14.9. The zero-order valence-electron chi connectivity index (χ0n) is 23.2. The van der Waals surface area contributed by atoms with Gasteiger partial charge in [-0.2, -0.15) is 0 Å². The molecule has 208 valence electrons. The number of nitrogens with one attached hydrogen (secondary N) is 1. The van der Waals surface area contributed by atoms with Gasteiger partial charge in [-0.05, 0) is 88.6 Å². The highest BCUT2D eigenvalue weighted by molar-refractivity contribution is 9.10. The quantitative estimate of drug-likeness (QED) is 0.341. The molecule has 1 N–H and O–H groups in total. The Morgan fingerprint density at radius 2 is 1.56 bits per heavy atom. The number of halogens is 1. The van der Waals surface area contributed by atoms with Crippen molar-refractivity contribution >= 4 is 43.5 Å². The van der Waals surface area contributed by atoms with Crippen LogP contribution in [0, 0.1) is 13.8 Å². The second-order valence-electron chi connectivity index (χ2n) is 10.7. The Morgan fingerprint density at radius 3 is 2.15 bits per heavy atom. The molecule has 0 fully saturated rings. The summed E-state index contributed by atoms with van der Waals surface area (Å²) in [5.41, 5.74) is 2.31. The van der Waals surface area contributed by atoms with Crippen LogP contribution in [0.1, 0.15) is 44.4 Å². The van der Waals surface area contributed by atoms with Crippen LogP contribution in [0.5, 0.6) is 0 Å². The number of hydrogen-bond acceptors (Lipinski definition) is 4. The predicted molar refractivity (Wildman–Crippen MR) is 159 cm³/mol. The maximum absolute atomic E-state index is 14.0. The van der Waals surface area contributed by atoms with E-state index >= 15 is 0 Å². The van der Waals surface area contributed by atoms with Gasteiger partial charge in [0.15, 0.2) is 0 Å². The molecule has 3 rings (SSSR count). The molecule has 3 aromatic carbocycles. The molecule has 0 spiro atoms. The van der Waals surface area contributed by atoms with Crippen molar-refractivity contribution in [3.8, 4) is 0 Å². The van der Waals surface area contributed by atoms with E-state index in [9.17, 15) is 18.0 Å². The van der Waals surface area contributed by atoms with Gasteiger partial charge >= 0.3 is 0 Å². The average Bonchev–Trinajstić information content (AvgIpc) is 2.87. The van der Waals surface area contributed by atoms with Gasteiger partial charge in [0.25, 0.3) is 10.0 Å². The Kier molecular flexibility index (Phi) is 9.61. The van der Waals surface area contributed by atoms with Gasteiger partial charge in [-0.15, -0.1) is 0 Å². The lowest BCUT2D eigenvalue weighted by molar-refractivity contribution is -0.140. The number of carbonyl (C=O) groups is 2. The van der Waals surface area contributed by atoms with E-state index in [-0.39, 0.29) is 17.3 Å². The lowest BCUT2D eigenvalue weighted by Crippen LogP contribution is -2.54. The lowest BCUT2D eigenvalue weighted by Gasteiger charge is -2.34.